The predicted octanol–water partition coefficient (Wildman–Crippen LogP) is 2.31. The van der Waals surface area contributed by atoms with Crippen LogP contribution in [0.1, 0.15) is 22.8 Å². The molecular weight excluding hydrogens is 218 g/mol. The van der Waals surface area contributed by atoms with E-state index in [1.807, 2.05) is 0 Å². The van der Waals surface area contributed by atoms with Crippen LogP contribution in [0.3, 0.4) is 0 Å². The standard InChI is InChI=1S/C10H10ClNO3/c1-5-3-7(10(14)15)9(8(11)4-5)12-6(2)13/h3-4H,1-2H3,(H,12,13)(H,14,15). The molecule has 0 aliphatic carbocycles. The Morgan fingerprint density at radius 1 is 1.40 bits per heavy atom. The van der Waals surface area contributed by atoms with E-state index < -0.39 is 5.97 Å². The van der Waals surface area contributed by atoms with Gasteiger partial charge in [-0.25, -0.2) is 4.79 Å². The summed E-state index contributed by atoms with van der Waals surface area (Å²) in [7, 11) is 0. The molecule has 0 aliphatic heterocycles. The highest BCUT2D eigenvalue weighted by atomic mass is 35.5. The Morgan fingerprint density at radius 3 is 2.47 bits per heavy atom. The molecule has 15 heavy (non-hydrogen) atoms. The summed E-state index contributed by atoms with van der Waals surface area (Å²) in [6.07, 6.45) is 0. The molecule has 1 aromatic carbocycles. The average molecular weight is 228 g/mol. The van der Waals surface area contributed by atoms with Crippen molar-refractivity contribution in [2.24, 2.45) is 0 Å². The lowest BCUT2D eigenvalue weighted by molar-refractivity contribution is -0.114. The van der Waals surface area contributed by atoms with Crippen molar-refractivity contribution in [3.05, 3.63) is 28.3 Å². The molecule has 1 aromatic rings. The van der Waals surface area contributed by atoms with Crippen LogP contribution in [0.25, 0.3) is 0 Å². The molecule has 0 saturated heterocycles. The summed E-state index contributed by atoms with van der Waals surface area (Å²) in [5.41, 5.74) is 0.865. The summed E-state index contributed by atoms with van der Waals surface area (Å²) in [6, 6.07) is 3.05. The number of hydrogen-bond donors (Lipinski definition) is 2. The third kappa shape index (κ3) is 2.70. The lowest BCUT2D eigenvalue weighted by atomic mass is 10.1. The molecule has 1 rings (SSSR count). The van der Waals surface area contributed by atoms with E-state index in [1.54, 1.807) is 13.0 Å². The van der Waals surface area contributed by atoms with E-state index in [-0.39, 0.29) is 22.2 Å². The van der Waals surface area contributed by atoms with Crippen molar-refractivity contribution in [2.45, 2.75) is 13.8 Å². The highest BCUT2D eigenvalue weighted by Crippen LogP contribution is 2.27. The smallest absolute Gasteiger partial charge is 0.337 e. The molecule has 0 spiro atoms. The number of carboxylic acids is 1. The van der Waals surface area contributed by atoms with Gasteiger partial charge in [0.2, 0.25) is 5.91 Å². The summed E-state index contributed by atoms with van der Waals surface area (Å²) < 4.78 is 0. The van der Waals surface area contributed by atoms with Crippen molar-refractivity contribution in [3.63, 3.8) is 0 Å². The number of rotatable bonds is 2. The third-order valence-electron chi connectivity index (χ3n) is 1.77. The van der Waals surface area contributed by atoms with E-state index in [4.69, 9.17) is 16.7 Å². The second-order valence-electron chi connectivity index (χ2n) is 3.16. The molecule has 0 fully saturated rings. The topological polar surface area (TPSA) is 66.4 Å². The number of aryl methyl sites for hydroxylation is 1. The Bertz CT molecular complexity index is 429. The van der Waals surface area contributed by atoms with Crippen LogP contribution in [0.15, 0.2) is 12.1 Å². The SMILES string of the molecule is CC(=O)Nc1c(Cl)cc(C)cc1C(=O)O. The number of amides is 1. The van der Waals surface area contributed by atoms with Gasteiger partial charge >= 0.3 is 5.97 Å². The first-order valence-electron chi connectivity index (χ1n) is 4.23. The van der Waals surface area contributed by atoms with Gasteiger partial charge in [-0.15, -0.1) is 0 Å². The van der Waals surface area contributed by atoms with Gasteiger partial charge in [0.1, 0.15) is 0 Å². The third-order valence-corrected chi connectivity index (χ3v) is 2.06. The van der Waals surface area contributed by atoms with E-state index in [1.165, 1.54) is 13.0 Å². The Labute approximate surface area is 91.9 Å². The van der Waals surface area contributed by atoms with E-state index >= 15 is 0 Å². The Balaban J connectivity index is 3.33. The van der Waals surface area contributed by atoms with Gasteiger partial charge in [-0.1, -0.05) is 11.6 Å². The van der Waals surface area contributed by atoms with Gasteiger partial charge in [-0.05, 0) is 24.6 Å². The zero-order chi connectivity index (χ0) is 11.6. The first-order chi connectivity index (χ1) is 6.91. The van der Waals surface area contributed by atoms with Gasteiger partial charge in [0.05, 0.1) is 16.3 Å². The van der Waals surface area contributed by atoms with Gasteiger partial charge in [0.25, 0.3) is 0 Å². The molecule has 0 aliphatic rings. The van der Waals surface area contributed by atoms with Gasteiger partial charge in [-0.3, -0.25) is 4.79 Å². The maximum absolute atomic E-state index is 10.9. The minimum absolute atomic E-state index is 0.00444. The van der Waals surface area contributed by atoms with Gasteiger partial charge in [0, 0.05) is 6.92 Å². The quantitative estimate of drug-likeness (QED) is 0.815. The molecule has 0 aromatic heterocycles. The highest BCUT2D eigenvalue weighted by molar-refractivity contribution is 6.34. The normalized spacial score (nSPS) is 9.80. The number of carbonyl (C=O) groups is 2. The molecule has 0 heterocycles. The zero-order valence-corrected chi connectivity index (χ0v) is 9.05. The maximum Gasteiger partial charge on any atom is 0.337 e. The van der Waals surface area contributed by atoms with Crippen LogP contribution >= 0.6 is 11.6 Å². The lowest BCUT2D eigenvalue weighted by Gasteiger charge is -2.09. The minimum atomic E-state index is -1.12. The fourth-order valence-electron chi connectivity index (χ4n) is 1.21. The number of carbonyl (C=O) groups excluding carboxylic acids is 1. The molecule has 0 saturated carbocycles. The van der Waals surface area contributed by atoms with Gasteiger partial charge < -0.3 is 10.4 Å². The summed E-state index contributed by atoms with van der Waals surface area (Å²) in [6.45, 7) is 3.03. The fraction of sp³-hybridized carbons (Fsp3) is 0.200. The van der Waals surface area contributed by atoms with Crippen molar-refractivity contribution < 1.29 is 14.7 Å². The van der Waals surface area contributed by atoms with Crippen molar-refractivity contribution in [3.8, 4) is 0 Å². The summed E-state index contributed by atoms with van der Waals surface area (Å²) in [4.78, 5) is 21.8. The molecule has 0 unspecified atom stereocenters. The van der Waals surface area contributed by atoms with Crippen LogP contribution < -0.4 is 5.32 Å². The van der Waals surface area contributed by atoms with E-state index in [0.29, 0.717) is 0 Å². The lowest BCUT2D eigenvalue weighted by Crippen LogP contribution is -2.11. The number of carboxylic acid groups (broad SMARTS) is 1. The summed E-state index contributed by atoms with van der Waals surface area (Å²) in [5, 5.41) is 11.5. The number of hydrogen-bond acceptors (Lipinski definition) is 2. The van der Waals surface area contributed by atoms with Crippen molar-refractivity contribution in [1.29, 1.82) is 0 Å². The van der Waals surface area contributed by atoms with E-state index in [9.17, 15) is 9.59 Å². The molecule has 2 N–H and O–H groups in total. The highest BCUT2D eigenvalue weighted by Gasteiger charge is 2.15. The Hall–Kier alpha value is -1.55. The molecule has 80 valence electrons. The monoisotopic (exact) mass is 227 g/mol. The fourth-order valence-corrected chi connectivity index (χ4v) is 1.54. The van der Waals surface area contributed by atoms with Crippen molar-refractivity contribution >= 4 is 29.2 Å². The van der Waals surface area contributed by atoms with Crippen LogP contribution in [0.4, 0.5) is 5.69 Å². The molecule has 1 amide bonds. The van der Waals surface area contributed by atoms with Crippen molar-refractivity contribution in [2.75, 3.05) is 5.32 Å². The maximum atomic E-state index is 10.9. The Kier molecular flexibility index (Phi) is 3.31. The van der Waals surface area contributed by atoms with E-state index in [0.717, 1.165) is 5.56 Å². The predicted molar refractivity (Wildman–Crippen MR) is 57.5 cm³/mol. The van der Waals surface area contributed by atoms with Crippen molar-refractivity contribution in [1.82, 2.24) is 0 Å². The van der Waals surface area contributed by atoms with E-state index in [2.05, 4.69) is 5.32 Å². The number of aromatic carboxylic acids is 1. The number of halogens is 1. The zero-order valence-electron chi connectivity index (χ0n) is 8.30. The van der Waals surface area contributed by atoms with Gasteiger partial charge in [-0.2, -0.15) is 0 Å². The Morgan fingerprint density at radius 2 is 2.00 bits per heavy atom. The first-order valence-corrected chi connectivity index (χ1v) is 4.60. The van der Waals surface area contributed by atoms with Crippen LogP contribution in [0, 0.1) is 6.92 Å². The van der Waals surface area contributed by atoms with Crippen LogP contribution in [-0.2, 0) is 4.79 Å². The average Bonchev–Trinajstić information content (AvgIpc) is 2.08. The molecule has 4 nitrogen and oxygen atoms in total. The molecular formula is C10H10ClNO3. The number of anilines is 1. The van der Waals surface area contributed by atoms with Crippen LogP contribution in [0.2, 0.25) is 5.02 Å². The summed E-state index contributed by atoms with van der Waals surface area (Å²) >= 11 is 5.84. The van der Waals surface area contributed by atoms with Gasteiger partial charge in [0.15, 0.2) is 0 Å². The number of benzene rings is 1. The first kappa shape index (κ1) is 11.5. The molecule has 5 heteroatoms. The summed E-state index contributed by atoms with van der Waals surface area (Å²) in [5.74, 6) is -1.48. The largest absolute Gasteiger partial charge is 0.478 e. The van der Waals surface area contributed by atoms with Crippen LogP contribution in [0.5, 0.6) is 0 Å². The molecule has 0 atom stereocenters. The number of nitrogens with one attached hydrogen (secondary N) is 1. The van der Waals surface area contributed by atoms with Crippen LogP contribution in [-0.4, -0.2) is 17.0 Å². The minimum Gasteiger partial charge on any atom is -0.478 e. The molecule has 0 radical (unpaired) electrons. The second kappa shape index (κ2) is 4.31. The molecule has 0 bridgehead atoms. The second-order valence-corrected chi connectivity index (χ2v) is 3.56.